The molecule has 1 heterocycles. The van der Waals surface area contributed by atoms with E-state index in [1.807, 2.05) is 0 Å². The number of aliphatic hydroxyl groups is 1. The lowest BCUT2D eigenvalue weighted by Gasteiger charge is -2.30. The van der Waals surface area contributed by atoms with Crippen LogP contribution < -0.4 is 5.73 Å². The quantitative estimate of drug-likeness (QED) is 0.399. The number of nitrogens with two attached hydrogens (primary N) is 1. The van der Waals surface area contributed by atoms with Gasteiger partial charge in [-0.3, -0.25) is 14.6 Å². The maximum Gasteiger partial charge on any atom is 0.423 e. The summed E-state index contributed by atoms with van der Waals surface area (Å²) in [5, 5.41) is 19.8. The van der Waals surface area contributed by atoms with E-state index in [4.69, 9.17) is 38.8 Å². The molecule has 0 fully saturated rings. The van der Waals surface area contributed by atoms with Crippen LogP contribution in [-0.4, -0.2) is 49.1 Å². The number of nitrogens with zero attached hydrogens (tertiary/aromatic N) is 1. The number of pyridine rings is 1. The van der Waals surface area contributed by atoms with E-state index >= 15 is 0 Å². The molecule has 2 rings (SSSR count). The van der Waals surface area contributed by atoms with Gasteiger partial charge in [0.05, 0.1) is 5.69 Å². The second kappa shape index (κ2) is 9.92. The summed E-state index contributed by atoms with van der Waals surface area (Å²) in [6, 6.07) is 5.44. The summed E-state index contributed by atoms with van der Waals surface area (Å²) in [6.45, 7) is 0. The molecule has 0 aliphatic rings. The maximum atomic E-state index is 13.7. The molecule has 0 aliphatic heterocycles. The SMILES string of the molecule is N=[S@@](=O)(CC[C@H](N)C(=O)O)CC[C@](O)(c1ccc(-c2ccc(Cl)cc2Cl)cn1)C(F)(F)F. The normalized spacial score (nSPS) is 16.7. The number of alkyl halides is 3. The van der Waals surface area contributed by atoms with Crippen molar-refractivity contribution < 1.29 is 32.4 Å². The van der Waals surface area contributed by atoms with Crippen LogP contribution in [0.25, 0.3) is 11.1 Å². The minimum atomic E-state index is -5.17. The Balaban J connectivity index is 2.26. The summed E-state index contributed by atoms with van der Waals surface area (Å²) in [6.07, 6.45) is -5.52. The Morgan fingerprint density at radius 1 is 1.22 bits per heavy atom. The molecule has 1 aromatic heterocycles. The molecule has 0 unspecified atom stereocenters. The Morgan fingerprint density at radius 2 is 1.88 bits per heavy atom. The molecule has 0 spiro atoms. The van der Waals surface area contributed by atoms with Gasteiger partial charge in [0.2, 0.25) is 5.60 Å². The van der Waals surface area contributed by atoms with E-state index in [2.05, 4.69) is 4.98 Å². The van der Waals surface area contributed by atoms with Crippen LogP contribution in [0.4, 0.5) is 13.2 Å². The molecule has 0 radical (unpaired) electrons. The lowest BCUT2D eigenvalue weighted by atomic mass is 9.94. The second-order valence-corrected chi connectivity index (χ2v) is 10.4. The van der Waals surface area contributed by atoms with Crippen LogP contribution in [0.1, 0.15) is 18.5 Å². The highest BCUT2D eigenvalue weighted by atomic mass is 35.5. The predicted molar refractivity (Wildman–Crippen MR) is 115 cm³/mol. The number of carboxylic acids is 1. The molecule has 0 aliphatic carbocycles. The van der Waals surface area contributed by atoms with Crippen LogP contribution in [0.5, 0.6) is 0 Å². The van der Waals surface area contributed by atoms with E-state index < -0.39 is 57.1 Å². The number of rotatable bonds is 9. The Kier molecular flexibility index (Phi) is 8.16. The van der Waals surface area contributed by atoms with Crippen LogP contribution >= 0.6 is 23.2 Å². The number of hydrogen-bond acceptors (Lipinski definition) is 6. The molecular formula is C19H20Cl2F3N3O4S. The number of nitrogens with one attached hydrogen (secondary N) is 1. The fraction of sp³-hybridized carbons (Fsp3) is 0.368. The van der Waals surface area contributed by atoms with Gasteiger partial charge in [-0.05, 0) is 24.6 Å². The van der Waals surface area contributed by atoms with Crippen LogP contribution in [-0.2, 0) is 20.1 Å². The Bertz CT molecular complexity index is 1080. The van der Waals surface area contributed by atoms with Crippen molar-refractivity contribution in [1.29, 1.82) is 4.78 Å². The van der Waals surface area contributed by atoms with Crippen molar-refractivity contribution in [2.45, 2.75) is 30.7 Å². The molecule has 176 valence electrons. The molecule has 5 N–H and O–H groups in total. The zero-order valence-electron chi connectivity index (χ0n) is 16.4. The van der Waals surface area contributed by atoms with Crippen molar-refractivity contribution in [1.82, 2.24) is 4.98 Å². The number of carboxylic acid groups (broad SMARTS) is 1. The molecule has 0 saturated heterocycles. The molecule has 0 amide bonds. The van der Waals surface area contributed by atoms with Gasteiger partial charge < -0.3 is 15.9 Å². The number of hydrogen-bond donors (Lipinski definition) is 4. The van der Waals surface area contributed by atoms with Gasteiger partial charge in [0.15, 0.2) is 0 Å². The van der Waals surface area contributed by atoms with Gasteiger partial charge >= 0.3 is 12.1 Å². The lowest BCUT2D eigenvalue weighted by Crippen LogP contribution is -2.44. The summed E-state index contributed by atoms with van der Waals surface area (Å²) in [5.74, 6) is -2.73. The number of aliphatic carboxylic acids is 1. The van der Waals surface area contributed by atoms with Gasteiger partial charge in [0, 0.05) is 55.0 Å². The summed E-state index contributed by atoms with van der Waals surface area (Å²) in [5.41, 5.74) is 1.93. The first-order chi connectivity index (χ1) is 14.7. The van der Waals surface area contributed by atoms with Crippen LogP contribution in [0, 0.1) is 4.78 Å². The van der Waals surface area contributed by atoms with Crippen molar-refractivity contribution in [2.75, 3.05) is 11.5 Å². The first-order valence-corrected chi connectivity index (χ1v) is 11.7. The number of carbonyl (C=O) groups is 1. The maximum absolute atomic E-state index is 13.7. The molecule has 0 saturated carbocycles. The van der Waals surface area contributed by atoms with E-state index in [9.17, 15) is 27.3 Å². The van der Waals surface area contributed by atoms with Gasteiger partial charge in [-0.2, -0.15) is 13.2 Å². The average molecular weight is 514 g/mol. The summed E-state index contributed by atoms with van der Waals surface area (Å²) >= 11 is 11.9. The van der Waals surface area contributed by atoms with Gasteiger partial charge in [0.25, 0.3) is 0 Å². The Hall–Kier alpha value is -1.92. The Morgan fingerprint density at radius 3 is 2.38 bits per heavy atom. The minimum absolute atomic E-state index is 0.256. The third kappa shape index (κ3) is 6.32. The third-order valence-corrected chi connectivity index (χ3v) is 7.07. The molecule has 3 atom stereocenters. The monoisotopic (exact) mass is 513 g/mol. The summed E-state index contributed by atoms with van der Waals surface area (Å²) < 4.78 is 61.3. The highest BCUT2D eigenvalue weighted by Crippen LogP contribution is 2.41. The van der Waals surface area contributed by atoms with Gasteiger partial charge in [-0.25, -0.2) is 4.21 Å². The molecule has 1 aromatic carbocycles. The second-order valence-electron chi connectivity index (χ2n) is 7.12. The highest BCUT2D eigenvalue weighted by Gasteiger charge is 2.56. The van der Waals surface area contributed by atoms with Gasteiger partial charge in [-0.15, -0.1) is 0 Å². The highest BCUT2D eigenvalue weighted by molar-refractivity contribution is 7.92. The van der Waals surface area contributed by atoms with E-state index in [0.717, 1.165) is 12.3 Å². The van der Waals surface area contributed by atoms with Crippen molar-refractivity contribution in [3.8, 4) is 11.1 Å². The third-order valence-electron chi connectivity index (χ3n) is 4.77. The largest absolute Gasteiger partial charge is 0.480 e. The van der Waals surface area contributed by atoms with Crippen molar-refractivity contribution in [2.24, 2.45) is 5.73 Å². The smallest absolute Gasteiger partial charge is 0.423 e. The van der Waals surface area contributed by atoms with E-state index in [1.165, 1.54) is 12.1 Å². The zero-order chi connectivity index (χ0) is 24.3. The molecule has 7 nitrogen and oxygen atoms in total. The number of benzene rings is 1. The fourth-order valence-electron chi connectivity index (χ4n) is 2.79. The first-order valence-electron chi connectivity index (χ1n) is 9.10. The topological polar surface area (TPSA) is 137 Å². The van der Waals surface area contributed by atoms with Crippen molar-refractivity contribution in [3.63, 3.8) is 0 Å². The predicted octanol–water partition coefficient (Wildman–Crippen LogP) is 4.04. The lowest BCUT2D eigenvalue weighted by molar-refractivity contribution is -0.268. The van der Waals surface area contributed by atoms with E-state index in [-0.39, 0.29) is 11.4 Å². The van der Waals surface area contributed by atoms with E-state index in [1.54, 1.807) is 12.1 Å². The van der Waals surface area contributed by atoms with Crippen molar-refractivity contribution in [3.05, 3.63) is 52.3 Å². The van der Waals surface area contributed by atoms with Crippen molar-refractivity contribution >= 4 is 38.9 Å². The number of aromatic nitrogens is 1. The zero-order valence-corrected chi connectivity index (χ0v) is 18.7. The minimum Gasteiger partial charge on any atom is -0.480 e. The molecular weight excluding hydrogens is 494 g/mol. The number of halogens is 5. The standard InChI is InChI=1S/C19H20Cl2F3N3O4S/c20-12-2-3-13(14(21)9-12)11-1-4-16(27-10-11)18(30,19(22,23)24)6-8-32(26,31)7-5-15(25)17(28)29/h1-4,9-10,15,26,30H,5-8,25H2,(H,28,29)/t15-,18-,32+/m0/s1. The fourth-order valence-corrected chi connectivity index (χ4v) is 4.77. The van der Waals surface area contributed by atoms with Crippen LogP contribution in [0.15, 0.2) is 36.5 Å². The molecule has 0 bridgehead atoms. The van der Waals surface area contributed by atoms with Gasteiger partial charge in [0.1, 0.15) is 6.04 Å². The summed E-state index contributed by atoms with van der Waals surface area (Å²) in [4.78, 5) is 14.5. The molecule has 13 heteroatoms. The van der Waals surface area contributed by atoms with Crippen LogP contribution in [0.3, 0.4) is 0 Å². The Labute approximate surface area is 192 Å². The summed E-state index contributed by atoms with van der Waals surface area (Å²) in [7, 11) is -3.63. The molecule has 2 aromatic rings. The van der Waals surface area contributed by atoms with Gasteiger partial charge in [-0.1, -0.05) is 35.3 Å². The molecule has 32 heavy (non-hydrogen) atoms. The first kappa shape index (κ1) is 26.3. The average Bonchev–Trinajstić information content (AvgIpc) is 2.69. The van der Waals surface area contributed by atoms with E-state index in [0.29, 0.717) is 16.1 Å². The van der Waals surface area contributed by atoms with Crippen LogP contribution in [0.2, 0.25) is 10.0 Å².